The van der Waals surface area contributed by atoms with Crippen molar-refractivity contribution in [3.63, 3.8) is 0 Å². The second kappa shape index (κ2) is 7.65. The molecular weight excluding hydrogens is 288 g/mol. The Hall–Kier alpha value is -1.53. The highest BCUT2D eigenvalue weighted by Gasteiger charge is 2.33. The van der Waals surface area contributed by atoms with Crippen molar-refractivity contribution in [2.45, 2.75) is 58.2 Å². The van der Waals surface area contributed by atoms with Gasteiger partial charge in [-0.3, -0.25) is 4.79 Å². The molecule has 1 aromatic carbocycles. The van der Waals surface area contributed by atoms with Crippen LogP contribution in [-0.4, -0.2) is 21.0 Å². The molecule has 0 aliphatic rings. The molecule has 0 bridgehead atoms. The number of rotatable bonds is 5. The van der Waals surface area contributed by atoms with E-state index in [1.807, 2.05) is 24.3 Å². The molecule has 22 heavy (non-hydrogen) atoms. The maximum Gasteiger partial charge on any atom is 0.162 e. The van der Waals surface area contributed by atoms with Gasteiger partial charge in [0.2, 0.25) is 0 Å². The largest absolute Gasteiger partial charge is 0.497 e. The van der Waals surface area contributed by atoms with Gasteiger partial charge in [-0.2, -0.15) is 0 Å². The number of ether oxygens (including phenoxy) is 1. The molecule has 1 aromatic rings. The Balaban J connectivity index is 2.46. The SMILES string of the molecule is COc1ccc(C(=O)CCCC#C[Si](C)(C)C(C)(C)C)cc1. The molecule has 0 aliphatic heterocycles. The van der Waals surface area contributed by atoms with Crippen LogP contribution in [0.4, 0.5) is 0 Å². The maximum absolute atomic E-state index is 12.1. The molecule has 0 atom stereocenters. The van der Waals surface area contributed by atoms with E-state index in [0.717, 1.165) is 24.2 Å². The van der Waals surface area contributed by atoms with Crippen molar-refractivity contribution in [2.24, 2.45) is 0 Å². The highest BCUT2D eigenvalue weighted by atomic mass is 28.3. The summed E-state index contributed by atoms with van der Waals surface area (Å²) in [6.45, 7) is 11.4. The van der Waals surface area contributed by atoms with Gasteiger partial charge < -0.3 is 4.74 Å². The summed E-state index contributed by atoms with van der Waals surface area (Å²) < 4.78 is 5.10. The van der Waals surface area contributed by atoms with Crippen molar-refractivity contribution in [3.05, 3.63) is 29.8 Å². The summed E-state index contributed by atoms with van der Waals surface area (Å²) in [7, 11) is 0.106. The summed E-state index contributed by atoms with van der Waals surface area (Å²) in [5.74, 6) is 4.25. The van der Waals surface area contributed by atoms with Crippen LogP contribution in [0.15, 0.2) is 24.3 Å². The van der Waals surface area contributed by atoms with Gasteiger partial charge in [0.15, 0.2) is 5.78 Å². The van der Waals surface area contributed by atoms with Crippen molar-refractivity contribution in [1.29, 1.82) is 0 Å². The second-order valence-corrected chi connectivity index (χ2v) is 12.2. The summed E-state index contributed by atoms with van der Waals surface area (Å²) >= 11 is 0. The van der Waals surface area contributed by atoms with Crippen molar-refractivity contribution in [3.8, 4) is 17.2 Å². The molecule has 3 heteroatoms. The van der Waals surface area contributed by atoms with Gasteiger partial charge in [-0.05, 0) is 35.7 Å². The predicted octanol–water partition coefficient (Wildman–Crippen LogP) is 5.10. The number of carbonyl (C=O) groups is 1. The molecule has 0 saturated carbocycles. The number of unbranched alkanes of at least 4 members (excludes halogenated alkanes) is 1. The third-order valence-corrected chi connectivity index (χ3v) is 8.95. The first-order valence-electron chi connectivity index (χ1n) is 7.84. The number of hydrogen-bond donors (Lipinski definition) is 0. The zero-order valence-corrected chi connectivity index (χ0v) is 15.7. The molecule has 0 unspecified atom stereocenters. The molecule has 0 spiro atoms. The molecule has 2 nitrogen and oxygen atoms in total. The number of Topliss-reactive ketones (excluding diaryl/α,β-unsaturated/α-hetero) is 1. The monoisotopic (exact) mass is 316 g/mol. The lowest BCUT2D eigenvalue weighted by molar-refractivity contribution is 0.0980. The Morgan fingerprint density at radius 1 is 1.18 bits per heavy atom. The van der Waals surface area contributed by atoms with Gasteiger partial charge in [0.25, 0.3) is 0 Å². The first-order chi connectivity index (χ1) is 10.2. The number of ketones is 1. The average molecular weight is 317 g/mol. The van der Waals surface area contributed by atoms with E-state index in [4.69, 9.17) is 4.74 Å². The van der Waals surface area contributed by atoms with Crippen LogP contribution in [0.25, 0.3) is 0 Å². The van der Waals surface area contributed by atoms with E-state index in [9.17, 15) is 4.79 Å². The molecule has 0 amide bonds. The van der Waals surface area contributed by atoms with Gasteiger partial charge in [-0.25, -0.2) is 0 Å². The predicted molar refractivity (Wildman–Crippen MR) is 96.1 cm³/mol. The van der Waals surface area contributed by atoms with Gasteiger partial charge >= 0.3 is 0 Å². The first kappa shape index (κ1) is 18.5. The first-order valence-corrected chi connectivity index (χ1v) is 10.8. The Kier molecular flexibility index (Phi) is 6.43. The topological polar surface area (TPSA) is 26.3 Å². The lowest BCUT2D eigenvalue weighted by Gasteiger charge is -2.31. The van der Waals surface area contributed by atoms with Gasteiger partial charge in [0, 0.05) is 18.4 Å². The van der Waals surface area contributed by atoms with Crippen LogP contribution in [0, 0.1) is 11.5 Å². The minimum absolute atomic E-state index is 0.178. The quantitative estimate of drug-likeness (QED) is 0.327. The summed E-state index contributed by atoms with van der Waals surface area (Å²) in [4.78, 5) is 12.1. The fraction of sp³-hybridized carbons (Fsp3) is 0.526. The zero-order chi connectivity index (χ0) is 16.8. The van der Waals surface area contributed by atoms with Gasteiger partial charge in [0.1, 0.15) is 13.8 Å². The summed E-state index contributed by atoms with van der Waals surface area (Å²) in [6.07, 6.45) is 2.18. The Bertz CT molecular complexity index is 554. The normalized spacial score (nSPS) is 11.5. The Labute approximate surface area is 136 Å². The van der Waals surface area contributed by atoms with Crippen molar-refractivity contribution in [2.75, 3.05) is 7.11 Å². The van der Waals surface area contributed by atoms with E-state index < -0.39 is 8.07 Å². The van der Waals surface area contributed by atoms with Crippen molar-refractivity contribution in [1.82, 2.24) is 0 Å². The number of hydrogen-bond acceptors (Lipinski definition) is 2. The zero-order valence-electron chi connectivity index (χ0n) is 14.7. The third-order valence-electron chi connectivity index (χ3n) is 4.39. The van der Waals surface area contributed by atoms with E-state index >= 15 is 0 Å². The molecule has 1 rings (SSSR count). The lowest BCUT2D eigenvalue weighted by Crippen LogP contribution is -2.35. The molecular formula is C19H28O2Si. The fourth-order valence-corrected chi connectivity index (χ4v) is 2.67. The number of benzene rings is 1. The second-order valence-electron chi connectivity index (χ2n) is 7.18. The van der Waals surface area contributed by atoms with E-state index in [1.54, 1.807) is 7.11 Å². The molecule has 0 saturated heterocycles. The molecule has 0 fully saturated rings. The van der Waals surface area contributed by atoms with Crippen LogP contribution in [0.2, 0.25) is 18.1 Å². The highest BCUT2D eigenvalue weighted by molar-refractivity contribution is 6.87. The smallest absolute Gasteiger partial charge is 0.162 e. The van der Waals surface area contributed by atoms with Crippen LogP contribution < -0.4 is 4.74 Å². The van der Waals surface area contributed by atoms with Crippen molar-refractivity contribution >= 4 is 13.9 Å². The molecule has 0 aliphatic carbocycles. The number of methoxy groups -OCH3 is 1. The third kappa shape index (κ3) is 5.34. The maximum atomic E-state index is 12.1. The van der Waals surface area contributed by atoms with Crippen molar-refractivity contribution < 1.29 is 9.53 Å². The summed E-state index contributed by atoms with van der Waals surface area (Å²) in [5.41, 5.74) is 4.24. The molecule has 0 radical (unpaired) electrons. The van der Waals surface area contributed by atoms with E-state index in [0.29, 0.717) is 11.5 Å². The highest BCUT2D eigenvalue weighted by Crippen LogP contribution is 2.35. The number of carbonyl (C=O) groups excluding carboxylic acids is 1. The van der Waals surface area contributed by atoms with Crippen LogP contribution in [-0.2, 0) is 0 Å². The van der Waals surface area contributed by atoms with Gasteiger partial charge in [-0.15, -0.1) is 11.5 Å². The van der Waals surface area contributed by atoms with Gasteiger partial charge in [0.05, 0.1) is 7.11 Å². The van der Waals surface area contributed by atoms with Crippen LogP contribution >= 0.6 is 0 Å². The summed E-state index contributed by atoms with van der Waals surface area (Å²) in [6, 6.07) is 7.29. The minimum atomic E-state index is -1.52. The Morgan fingerprint density at radius 3 is 2.27 bits per heavy atom. The Morgan fingerprint density at radius 2 is 1.77 bits per heavy atom. The van der Waals surface area contributed by atoms with E-state index in [-0.39, 0.29) is 5.78 Å². The average Bonchev–Trinajstić information content (AvgIpc) is 2.45. The molecule has 0 heterocycles. The lowest BCUT2D eigenvalue weighted by atomic mass is 10.1. The van der Waals surface area contributed by atoms with Crippen LogP contribution in [0.5, 0.6) is 5.75 Å². The fourth-order valence-electron chi connectivity index (χ4n) is 1.73. The van der Waals surface area contributed by atoms with E-state index in [2.05, 4.69) is 45.3 Å². The molecule has 120 valence electrons. The molecule has 0 N–H and O–H groups in total. The molecule has 0 aromatic heterocycles. The van der Waals surface area contributed by atoms with Crippen LogP contribution in [0.3, 0.4) is 0 Å². The summed E-state index contributed by atoms with van der Waals surface area (Å²) in [5, 5.41) is 0.291. The van der Waals surface area contributed by atoms with Gasteiger partial charge in [-0.1, -0.05) is 33.9 Å². The van der Waals surface area contributed by atoms with E-state index in [1.165, 1.54) is 0 Å². The standard InChI is InChI=1S/C19H28O2Si/c1-19(2,3)22(5,6)15-9-7-8-10-18(20)16-11-13-17(21-4)14-12-16/h11-14H,7-8,10H2,1-6H3. The van der Waals surface area contributed by atoms with Crippen LogP contribution in [0.1, 0.15) is 50.4 Å². The minimum Gasteiger partial charge on any atom is -0.497 e.